The van der Waals surface area contributed by atoms with Crippen molar-refractivity contribution in [1.29, 1.82) is 0 Å². The number of hydrogen-bond donors (Lipinski definition) is 2. The number of thiophene rings is 1. The topological polar surface area (TPSA) is 99.0 Å². The number of nitrogens with two attached hydrogens (primary N) is 1. The van der Waals surface area contributed by atoms with E-state index in [4.69, 9.17) is 5.73 Å². The molecule has 1 atom stereocenters. The number of fused-ring (bicyclic) bond motifs is 1. The van der Waals surface area contributed by atoms with Crippen LogP contribution < -0.4 is 11.1 Å². The van der Waals surface area contributed by atoms with E-state index >= 15 is 0 Å². The quantitative estimate of drug-likeness (QED) is 0.672. The second-order valence-electron chi connectivity index (χ2n) is 9.20. The number of carbonyl (C=O) groups excluding carboxylic acids is 3. The van der Waals surface area contributed by atoms with Crippen LogP contribution in [0.1, 0.15) is 59.8 Å². The van der Waals surface area contributed by atoms with Crippen LogP contribution in [0.15, 0.2) is 0 Å². The molecule has 1 aromatic rings. The number of rotatable bonds is 6. The summed E-state index contributed by atoms with van der Waals surface area (Å²) in [5.41, 5.74) is 7.14. The van der Waals surface area contributed by atoms with Crippen molar-refractivity contribution in [2.24, 2.45) is 5.73 Å². The van der Waals surface area contributed by atoms with Crippen molar-refractivity contribution in [2.75, 3.05) is 51.1 Å². The van der Waals surface area contributed by atoms with E-state index in [0.717, 1.165) is 76.9 Å². The van der Waals surface area contributed by atoms with E-state index in [2.05, 4.69) is 15.1 Å². The van der Waals surface area contributed by atoms with E-state index in [1.807, 2.05) is 11.8 Å². The van der Waals surface area contributed by atoms with Crippen molar-refractivity contribution in [3.8, 4) is 0 Å². The molecule has 0 saturated carbocycles. The lowest BCUT2D eigenvalue weighted by Gasteiger charge is -2.37. The molecule has 32 heavy (non-hydrogen) atoms. The third-order valence-electron chi connectivity index (χ3n) is 7.06. The largest absolute Gasteiger partial charge is 0.365 e. The number of aryl methyl sites for hydroxylation is 1. The van der Waals surface area contributed by atoms with Crippen LogP contribution in [0, 0.1) is 0 Å². The number of nitrogens with zero attached hydrogens (tertiary/aromatic N) is 3. The maximum Gasteiger partial charge on any atom is 0.251 e. The first kappa shape index (κ1) is 23.2. The Balaban J connectivity index is 1.28. The Kier molecular flexibility index (Phi) is 7.48. The summed E-state index contributed by atoms with van der Waals surface area (Å²) in [4.78, 5) is 45.1. The maximum atomic E-state index is 12.9. The van der Waals surface area contributed by atoms with Crippen LogP contribution in [0.4, 0.5) is 5.00 Å². The van der Waals surface area contributed by atoms with Gasteiger partial charge in [0.1, 0.15) is 5.00 Å². The lowest BCUT2D eigenvalue weighted by atomic mass is 10.1. The number of carbonyl (C=O) groups is 3. The number of amides is 3. The average molecular weight is 462 g/mol. The smallest absolute Gasteiger partial charge is 0.251 e. The van der Waals surface area contributed by atoms with Gasteiger partial charge in [0.05, 0.1) is 18.2 Å². The molecule has 3 heterocycles. The van der Waals surface area contributed by atoms with Gasteiger partial charge in [-0.3, -0.25) is 24.2 Å². The van der Waals surface area contributed by atoms with Crippen molar-refractivity contribution in [3.05, 3.63) is 16.0 Å². The maximum absolute atomic E-state index is 12.9. The molecule has 2 saturated heterocycles. The lowest BCUT2D eigenvalue weighted by Crippen LogP contribution is -2.54. The highest BCUT2D eigenvalue weighted by atomic mass is 32.1. The second kappa shape index (κ2) is 10.3. The molecular weight excluding hydrogens is 426 g/mol. The lowest BCUT2D eigenvalue weighted by molar-refractivity contribution is -0.133. The highest BCUT2D eigenvalue weighted by molar-refractivity contribution is 7.17. The third kappa shape index (κ3) is 5.15. The van der Waals surface area contributed by atoms with Crippen molar-refractivity contribution in [2.45, 2.75) is 57.9 Å². The van der Waals surface area contributed by atoms with E-state index in [-0.39, 0.29) is 17.9 Å². The molecule has 2 aliphatic heterocycles. The van der Waals surface area contributed by atoms with Crippen LogP contribution in [0.2, 0.25) is 0 Å². The summed E-state index contributed by atoms with van der Waals surface area (Å²) >= 11 is 1.49. The van der Waals surface area contributed by atoms with Gasteiger partial charge in [0, 0.05) is 44.1 Å². The zero-order valence-electron chi connectivity index (χ0n) is 19.0. The van der Waals surface area contributed by atoms with Crippen molar-refractivity contribution >= 4 is 34.1 Å². The van der Waals surface area contributed by atoms with E-state index in [0.29, 0.717) is 17.1 Å². The van der Waals surface area contributed by atoms with Crippen LogP contribution in [0.3, 0.4) is 0 Å². The van der Waals surface area contributed by atoms with E-state index in [1.165, 1.54) is 29.1 Å². The van der Waals surface area contributed by atoms with Crippen molar-refractivity contribution in [3.63, 3.8) is 0 Å². The molecule has 0 aromatic carbocycles. The Morgan fingerprint density at radius 3 is 2.31 bits per heavy atom. The standard InChI is InChI=1S/C23H35N5O3S/c1-16(22(31)25-23-20(21(24)30)17-7-6-8-18(17)32-23)27-13-11-26(12-14-27)15-19(29)28-9-4-2-3-5-10-28/h16H,2-15H2,1H3,(H2,24,30)(H,25,31)/t16-/m1/s1. The number of anilines is 1. The predicted octanol–water partition coefficient (Wildman–Crippen LogP) is 1.68. The summed E-state index contributed by atoms with van der Waals surface area (Å²) in [5, 5.41) is 3.57. The molecule has 176 valence electrons. The van der Waals surface area contributed by atoms with Crippen LogP contribution >= 0.6 is 11.3 Å². The minimum atomic E-state index is -0.463. The fraction of sp³-hybridized carbons (Fsp3) is 0.696. The number of likely N-dealkylation sites (tertiary alicyclic amines) is 1. The Morgan fingerprint density at radius 2 is 1.66 bits per heavy atom. The number of hydrogen-bond acceptors (Lipinski definition) is 6. The van der Waals surface area contributed by atoms with Crippen molar-refractivity contribution < 1.29 is 14.4 Å². The highest BCUT2D eigenvalue weighted by Crippen LogP contribution is 2.38. The fourth-order valence-corrected chi connectivity index (χ4v) is 6.35. The Labute approximate surface area is 194 Å². The first-order chi connectivity index (χ1) is 15.4. The van der Waals surface area contributed by atoms with E-state index in [9.17, 15) is 14.4 Å². The first-order valence-corrected chi connectivity index (χ1v) is 12.7. The van der Waals surface area contributed by atoms with E-state index < -0.39 is 5.91 Å². The average Bonchev–Trinajstić information content (AvgIpc) is 3.23. The van der Waals surface area contributed by atoms with E-state index in [1.54, 1.807) is 0 Å². The van der Waals surface area contributed by atoms with Gasteiger partial charge in [0.25, 0.3) is 5.91 Å². The Hall–Kier alpha value is -1.97. The molecule has 1 aromatic heterocycles. The minimum Gasteiger partial charge on any atom is -0.365 e. The molecule has 4 rings (SSSR count). The van der Waals surface area contributed by atoms with Crippen LogP contribution in [-0.2, 0) is 22.4 Å². The SMILES string of the molecule is C[C@H](C(=O)Nc1sc2c(c1C(N)=O)CCC2)N1CCN(CC(=O)N2CCCCCC2)CC1. The predicted molar refractivity (Wildman–Crippen MR) is 126 cm³/mol. The molecule has 3 N–H and O–H groups in total. The number of piperazine rings is 1. The third-order valence-corrected chi connectivity index (χ3v) is 8.26. The van der Waals surface area contributed by atoms with Gasteiger partial charge in [-0.2, -0.15) is 0 Å². The summed E-state index contributed by atoms with van der Waals surface area (Å²) in [6.45, 7) is 7.17. The molecule has 0 radical (unpaired) electrons. The number of nitrogens with one attached hydrogen (secondary N) is 1. The van der Waals surface area contributed by atoms with Gasteiger partial charge in [0.15, 0.2) is 0 Å². The number of primary amides is 1. The van der Waals surface area contributed by atoms with Crippen LogP contribution in [0.25, 0.3) is 0 Å². The molecular formula is C23H35N5O3S. The molecule has 0 bridgehead atoms. The first-order valence-electron chi connectivity index (χ1n) is 11.9. The molecule has 2 fully saturated rings. The van der Waals surface area contributed by atoms with Gasteiger partial charge in [-0.25, -0.2) is 0 Å². The van der Waals surface area contributed by atoms with Crippen molar-refractivity contribution in [1.82, 2.24) is 14.7 Å². The van der Waals surface area contributed by atoms with Gasteiger partial charge in [0.2, 0.25) is 11.8 Å². The summed E-state index contributed by atoms with van der Waals surface area (Å²) in [5.74, 6) is -0.340. The summed E-state index contributed by atoms with van der Waals surface area (Å²) in [6.07, 6.45) is 7.50. The fourth-order valence-electron chi connectivity index (χ4n) is 5.06. The Morgan fingerprint density at radius 1 is 0.969 bits per heavy atom. The summed E-state index contributed by atoms with van der Waals surface area (Å²) < 4.78 is 0. The monoisotopic (exact) mass is 461 g/mol. The Bertz CT molecular complexity index is 854. The molecule has 1 aliphatic carbocycles. The molecule has 3 amide bonds. The summed E-state index contributed by atoms with van der Waals surface area (Å²) in [7, 11) is 0. The summed E-state index contributed by atoms with van der Waals surface area (Å²) in [6, 6.07) is -0.309. The van der Waals surface area contributed by atoms with Gasteiger partial charge < -0.3 is 16.0 Å². The molecule has 0 unspecified atom stereocenters. The zero-order chi connectivity index (χ0) is 22.7. The normalized spacial score (nSPS) is 21.1. The van der Waals surface area contributed by atoms with Gasteiger partial charge in [-0.05, 0) is 44.6 Å². The van der Waals surface area contributed by atoms with Crippen LogP contribution in [-0.4, -0.2) is 84.3 Å². The van der Waals surface area contributed by atoms with Crippen LogP contribution in [0.5, 0.6) is 0 Å². The molecule has 9 heteroatoms. The van der Waals surface area contributed by atoms with Gasteiger partial charge in [-0.1, -0.05) is 12.8 Å². The zero-order valence-corrected chi connectivity index (χ0v) is 19.8. The van der Waals surface area contributed by atoms with Gasteiger partial charge >= 0.3 is 0 Å². The molecule has 3 aliphatic rings. The second-order valence-corrected chi connectivity index (χ2v) is 10.3. The van der Waals surface area contributed by atoms with Gasteiger partial charge in [-0.15, -0.1) is 11.3 Å². The highest BCUT2D eigenvalue weighted by Gasteiger charge is 2.30. The molecule has 8 nitrogen and oxygen atoms in total. The molecule has 0 spiro atoms. The minimum absolute atomic E-state index is 0.110.